The summed E-state index contributed by atoms with van der Waals surface area (Å²) >= 11 is 6.41. The molecule has 1 fully saturated rings. The average Bonchev–Trinajstić information content (AvgIpc) is 3.17. The molecule has 1 saturated heterocycles. The van der Waals surface area contributed by atoms with Crippen LogP contribution >= 0.6 is 11.6 Å². The molecule has 10 heteroatoms. The van der Waals surface area contributed by atoms with Gasteiger partial charge in [0.25, 0.3) is 5.91 Å². The number of nitrogens with zero attached hydrogens (tertiary/aromatic N) is 4. The first-order chi connectivity index (χ1) is 16.6. The maximum absolute atomic E-state index is 12.7. The lowest BCUT2D eigenvalue weighted by atomic mass is 10.1. The SMILES string of the molecule is O=C1Nc2ncnc3c2/C1=C/Nc1ccc(c(Cl)c1)OCCCCCCC(=O)N1CCN3CC1. The molecule has 0 spiro atoms. The minimum atomic E-state index is -0.248. The van der Waals surface area contributed by atoms with Crippen molar-refractivity contribution in [3.63, 3.8) is 0 Å². The Morgan fingerprint density at radius 2 is 1.76 bits per heavy atom. The maximum atomic E-state index is 12.7. The molecule has 2 N–H and O–H groups in total. The zero-order valence-corrected chi connectivity index (χ0v) is 19.6. The van der Waals surface area contributed by atoms with Gasteiger partial charge < -0.3 is 25.2 Å². The molecule has 2 amide bonds. The molecule has 0 unspecified atom stereocenters. The van der Waals surface area contributed by atoms with Crippen LogP contribution in [-0.2, 0) is 9.59 Å². The molecule has 8 rings (SSSR count). The van der Waals surface area contributed by atoms with Crippen LogP contribution in [0, 0.1) is 0 Å². The van der Waals surface area contributed by atoms with E-state index in [0.29, 0.717) is 72.8 Å². The number of anilines is 3. The van der Waals surface area contributed by atoms with Crippen LogP contribution < -0.4 is 20.3 Å². The van der Waals surface area contributed by atoms with Gasteiger partial charge in [0.2, 0.25) is 5.91 Å². The summed E-state index contributed by atoms with van der Waals surface area (Å²) in [4.78, 5) is 38.2. The number of hydrogen-bond acceptors (Lipinski definition) is 7. The lowest BCUT2D eigenvalue weighted by molar-refractivity contribution is -0.131. The molecule has 2 aromatic rings. The Hall–Kier alpha value is -3.33. The van der Waals surface area contributed by atoms with Gasteiger partial charge in [-0.2, -0.15) is 0 Å². The van der Waals surface area contributed by atoms with Crippen molar-refractivity contribution in [1.29, 1.82) is 0 Å². The first kappa shape index (κ1) is 22.5. The summed E-state index contributed by atoms with van der Waals surface area (Å²) in [6.07, 6.45) is 7.47. The van der Waals surface area contributed by atoms with Crippen molar-refractivity contribution in [2.75, 3.05) is 48.3 Å². The van der Waals surface area contributed by atoms with Crippen LogP contribution in [-0.4, -0.2) is 59.5 Å². The summed E-state index contributed by atoms with van der Waals surface area (Å²) in [6, 6.07) is 5.46. The standard InChI is InChI=1S/C24H27ClN6O3/c25-18-13-16-6-7-19(18)34-12-4-2-1-3-5-20(32)30-8-10-31(11-9-30)23-21-17(14-26-16)24(33)29-22(21)27-15-28-23/h6-7,13-15,26H,1-5,8-12H2,(H,27,28,29,33)/b17-14-. The van der Waals surface area contributed by atoms with E-state index < -0.39 is 0 Å². The van der Waals surface area contributed by atoms with Gasteiger partial charge in [0.15, 0.2) is 0 Å². The summed E-state index contributed by atoms with van der Waals surface area (Å²) < 4.78 is 5.83. The van der Waals surface area contributed by atoms with E-state index in [4.69, 9.17) is 16.3 Å². The third-order valence-corrected chi connectivity index (χ3v) is 6.66. The smallest absolute Gasteiger partial charge is 0.259 e. The van der Waals surface area contributed by atoms with E-state index in [1.54, 1.807) is 12.3 Å². The van der Waals surface area contributed by atoms with Crippen molar-refractivity contribution >= 4 is 46.3 Å². The summed E-state index contributed by atoms with van der Waals surface area (Å²) in [5, 5.41) is 6.49. The Morgan fingerprint density at radius 3 is 2.59 bits per heavy atom. The van der Waals surface area contributed by atoms with Crippen LogP contribution in [0.3, 0.4) is 0 Å². The largest absolute Gasteiger partial charge is 0.492 e. The second kappa shape index (κ2) is 9.89. The van der Waals surface area contributed by atoms with E-state index in [0.717, 1.165) is 31.4 Å². The van der Waals surface area contributed by atoms with Crippen LogP contribution in [0.2, 0.25) is 5.02 Å². The van der Waals surface area contributed by atoms with Crippen molar-refractivity contribution < 1.29 is 14.3 Å². The molecule has 4 bridgehead atoms. The molecule has 9 nitrogen and oxygen atoms in total. The van der Waals surface area contributed by atoms with Gasteiger partial charge in [-0.25, -0.2) is 9.97 Å². The van der Waals surface area contributed by atoms with E-state index in [1.807, 2.05) is 17.0 Å². The molecule has 6 aliphatic heterocycles. The number of hydrogen-bond donors (Lipinski definition) is 2. The molecule has 0 atom stereocenters. The molecule has 0 saturated carbocycles. The highest BCUT2D eigenvalue weighted by molar-refractivity contribution is 6.33. The quantitative estimate of drug-likeness (QED) is 0.592. The summed E-state index contributed by atoms with van der Waals surface area (Å²) in [5.41, 5.74) is 1.85. The van der Waals surface area contributed by atoms with Crippen molar-refractivity contribution in [3.8, 4) is 5.75 Å². The van der Waals surface area contributed by atoms with Crippen molar-refractivity contribution in [2.45, 2.75) is 32.1 Å². The zero-order chi connectivity index (χ0) is 23.5. The van der Waals surface area contributed by atoms with E-state index in [9.17, 15) is 9.59 Å². The Balaban J connectivity index is 1.45. The highest BCUT2D eigenvalue weighted by atomic mass is 35.5. The second-order valence-electron chi connectivity index (χ2n) is 8.60. The van der Waals surface area contributed by atoms with Crippen molar-refractivity contribution in [1.82, 2.24) is 14.9 Å². The Labute approximate surface area is 203 Å². The Morgan fingerprint density at radius 1 is 0.971 bits per heavy atom. The number of ether oxygens (including phenoxy) is 1. The van der Waals surface area contributed by atoms with Crippen LogP contribution in [0.25, 0.3) is 5.57 Å². The fourth-order valence-corrected chi connectivity index (χ4v) is 4.72. The number of rotatable bonds is 0. The van der Waals surface area contributed by atoms with Crippen molar-refractivity contribution in [3.05, 3.63) is 41.3 Å². The van der Waals surface area contributed by atoms with E-state index >= 15 is 0 Å². The lowest BCUT2D eigenvalue weighted by Gasteiger charge is -2.36. The number of nitrogens with one attached hydrogen (secondary N) is 2. The van der Waals surface area contributed by atoms with E-state index in [1.165, 1.54) is 6.33 Å². The van der Waals surface area contributed by atoms with Crippen LogP contribution in [0.5, 0.6) is 5.75 Å². The number of carbonyl (C=O) groups excluding carboxylic acids is 2. The predicted molar refractivity (Wildman–Crippen MR) is 131 cm³/mol. The molecule has 1 aromatic heterocycles. The topological polar surface area (TPSA) is 99.7 Å². The maximum Gasteiger partial charge on any atom is 0.259 e. The van der Waals surface area contributed by atoms with Gasteiger partial charge in [0, 0.05) is 44.5 Å². The number of carbonyl (C=O) groups is 2. The minimum Gasteiger partial charge on any atom is -0.492 e. The Bertz CT molecular complexity index is 1130. The van der Waals surface area contributed by atoms with Gasteiger partial charge in [0.1, 0.15) is 23.7 Å². The lowest BCUT2D eigenvalue weighted by Crippen LogP contribution is -2.49. The first-order valence-corrected chi connectivity index (χ1v) is 12.1. The molecule has 7 heterocycles. The van der Waals surface area contributed by atoms with E-state index in [-0.39, 0.29) is 11.8 Å². The number of aromatic nitrogens is 2. The fourth-order valence-electron chi connectivity index (χ4n) is 4.49. The molecule has 0 aliphatic carbocycles. The summed E-state index contributed by atoms with van der Waals surface area (Å²) in [6.45, 7) is 3.15. The molecular formula is C24H27ClN6O3. The third kappa shape index (κ3) is 4.65. The highest BCUT2D eigenvalue weighted by Crippen LogP contribution is 2.37. The van der Waals surface area contributed by atoms with Gasteiger partial charge >= 0.3 is 0 Å². The molecule has 6 aliphatic rings. The Kier molecular flexibility index (Phi) is 6.53. The number of piperazine rings is 1. The molecule has 34 heavy (non-hydrogen) atoms. The van der Waals surface area contributed by atoms with Crippen LogP contribution in [0.1, 0.15) is 37.7 Å². The van der Waals surface area contributed by atoms with Gasteiger partial charge in [-0.05, 0) is 31.0 Å². The van der Waals surface area contributed by atoms with Gasteiger partial charge in [0.05, 0.1) is 22.8 Å². The van der Waals surface area contributed by atoms with E-state index in [2.05, 4.69) is 25.5 Å². The van der Waals surface area contributed by atoms with Gasteiger partial charge in [-0.3, -0.25) is 9.59 Å². The third-order valence-electron chi connectivity index (χ3n) is 6.36. The monoisotopic (exact) mass is 482 g/mol. The molecular weight excluding hydrogens is 456 g/mol. The van der Waals surface area contributed by atoms with Gasteiger partial charge in [-0.15, -0.1) is 0 Å². The van der Waals surface area contributed by atoms with Crippen LogP contribution in [0.15, 0.2) is 30.7 Å². The molecule has 0 radical (unpaired) electrons. The summed E-state index contributed by atoms with van der Waals surface area (Å²) in [5.74, 6) is 1.75. The highest BCUT2D eigenvalue weighted by Gasteiger charge is 2.32. The fraction of sp³-hybridized carbons (Fsp3) is 0.417. The average molecular weight is 483 g/mol. The minimum absolute atomic E-state index is 0.197. The zero-order valence-electron chi connectivity index (χ0n) is 18.8. The predicted octanol–water partition coefficient (Wildman–Crippen LogP) is 3.53. The number of benzene rings is 1. The van der Waals surface area contributed by atoms with Crippen molar-refractivity contribution in [2.24, 2.45) is 0 Å². The first-order valence-electron chi connectivity index (χ1n) is 11.7. The number of halogens is 1. The summed E-state index contributed by atoms with van der Waals surface area (Å²) in [7, 11) is 0. The van der Waals surface area contributed by atoms with Crippen LogP contribution in [0.4, 0.5) is 17.3 Å². The molecule has 178 valence electrons. The number of amides is 2. The normalized spacial score (nSPS) is 20.6. The second-order valence-corrected chi connectivity index (χ2v) is 9.01. The molecule has 1 aromatic carbocycles. The van der Waals surface area contributed by atoms with Gasteiger partial charge in [-0.1, -0.05) is 24.4 Å².